The first kappa shape index (κ1) is 18.1. The number of unbranched alkanes of at least 4 members (excludes halogenated alkanes) is 1. The van der Waals surface area contributed by atoms with E-state index >= 15 is 0 Å². The average Bonchev–Trinajstić information content (AvgIpc) is 3.00. The van der Waals surface area contributed by atoms with Gasteiger partial charge < -0.3 is 0 Å². The van der Waals surface area contributed by atoms with Gasteiger partial charge in [-0.15, -0.1) is 0 Å². The van der Waals surface area contributed by atoms with E-state index in [1.165, 1.54) is 17.7 Å². The number of nitrogens with one attached hydrogen (secondary N) is 1. The van der Waals surface area contributed by atoms with Crippen molar-refractivity contribution in [3.63, 3.8) is 0 Å². The van der Waals surface area contributed by atoms with Crippen molar-refractivity contribution < 1.29 is 8.42 Å². The monoisotopic (exact) mass is 362 g/mol. The van der Waals surface area contributed by atoms with Crippen molar-refractivity contribution in [1.82, 2.24) is 19.5 Å². The fourth-order valence-corrected chi connectivity index (χ4v) is 4.49. The zero-order valence-electron chi connectivity index (χ0n) is 14.7. The zero-order chi connectivity index (χ0) is 17.7. The summed E-state index contributed by atoms with van der Waals surface area (Å²) in [7, 11) is -3.18. The maximum atomic E-state index is 11.9. The molecule has 0 spiro atoms. The number of hydrogen-bond donors (Lipinski definition) is 1. The number of hydrogen-bond acceptors (Lipinski definition) is 4. The maximum Gasteiger partial charge on any atom is 0.211 e. The first-order valence-corrected chi connectivity index (χ1v) is 10.7. The average molecular weight is 362 g/mol. The van der Waals surface area contributed by atoms with Crippen LogP contribution in [0.5, 0.6) is 0 Å². The van der Waals surface area contributed by atoms with Crippen LogP contribution in [0.25, 0.3) is 11.4 Å². The highest BCUT2D eigenvalue weighted by molar-refractivity contribution is 7.89. The largest absolute Gasteiger partial charge is 0.267 e. The summed E-state index contributed by atoms with van der Waals surface area (Å²) in [5, 5.41) is 4.76. The molecule has 0 fully saturated rings. The number of nitrogens with zero attached hydrogens (tertiary/aromatic N) is 3. The molecule has 2 heterocycles. The molecule has 6 nitrogen and oxygen atoms in total. The number of sulfonamides is 1. The molecule has 0 saturated carbocycles. The van der Waals surface area contributed by atoms with Gasteiger partial charge in [-0.2, -0.15) is 5.10 Å². The van der Waals surface area contributed by atoms with Crippen LogP contribution in [-0.2, 0) is 29.4 Å². The predicted molar refractivity (Wildman–Crippen MR) is 98.8 cm³/mol. The maximum absolute atomic E-state index is 11.9. The topological polar surface area (TPSA) is 76.9 Å². The van der Waals surface area contributed by atoms with Gasteiger partial charge >= 0.3 is 0 Å². The minimum absolute atomic E-state index is 0.194. The second-order valence-electron chi connectivity index (χ2n) is 6.49. The molecule has 0 bridgehead atoms. The van der Waals surface area contributed by atoms with E-state index in [0.717, 1.165) is 37.1 Å². The number of aromatic nitrogens is 3. The molecule has 0 radical (unpaired) electrons. The molecule has 1 N–H and O–H groups in total. The van der Waals surface area contributed by atoms with Crippen molar-refractivity contribution in [2.45, 2.75) is 52.0 Å². The van der Waals surface area contributed by atoms with Crippen molar-refractivity contribution in [2.75, 3.05) is 12.3 Å². The lowest BCUT2D eigenvalue weighted by atomic mass is 9.95. The summed E-state index contributed by atoms with van der Waals surface area (Å²) < 4.78 is 28.6. The molecular formula is C18H26N4O2S. The normalized spacial score (nSPS) is 14.4. The van der Waals surface area contributed by atoms with Crippen LogP contribution in [0.2, 0.25) is 0 Å². The molecule has 0 saturated heterocycles. The molecule has 0 amide bonds. The predicted octanol–water partition coefficient (Wildman–Crippen LogP) is 2.54. The molecule has 2 aromatic rings. The van der Waals surface area contributed by atoms with Gasteiger partial charge in [-0.1, -0.05) is 19.4 Å². The summed E-state index contributed by atoms with van der Waals surface area (Å²) in [6.45, 7) is 2.92. The fraction of sp³-hybridized carbons (Fsp3) is 0.556. The molecule has 2 aromatic heterocycles. The summed E-state index contributed by atoms with van der Waals surface area (Å²) in [6.07, 6.45) is 7.69. The van der Waals surface area contributed by atoms with Gasteiger partial charge in [-0.25, -0.2) is 13.1 Å². The Balaban J connectivity index is 1.75. The zero-order valence-corrected chi connectivity index (χ0v) is 15.6. The van der Waals surface area contributed by atoms with Crippen LogP contribution in [0.4, 0.5) is 0 Å². The molecular weight excluding hydrogens is 336 g/mol. The third-order valence-electron chi connectivity index (χ3n) is 4.58. The second-order valence-corrected chi connectivity index (χ2v) is 8.41. The van der Waals surface area contributed by atoms with Crippen molar-refractivity contribution in [1.29, 1.82) is 0 Å². The van der Waals surface area contributed by atoms with E-state index in [9.17, 15) is 8.42 Å². The Hall–Kier alpha value is -1.73. The van der Waals surface area contributed by atoms with Gasteiger partial charge in [-0.05, 0) is 44.2 Å². The Morgan fingerprint density at radius 1 is 1.24 bits per heavy atom. The van der Waals surface area contributed by atoms with Crippen LogP contribution in [0.15, 0.2) is 24.4 Å². The van der Waals surface area contributed by atoms with Crippen LogP contribution in [0, 0.1) is 0 Å². The lowest BCUT2D eigenvalue weighted by Gasteiger charge is -2.14. The Kier molecular flexibility index (Phi) is 5.86. The molecule has 0 unspecified atom stereocenters. The number of pyridine rings is 1. The lowest BCUT2D eigenvalue weighted by Crippen LogP contribution is -2.30. The van der Waals surface area contributed by atoms with Crippen LogP contribution < -0.4 is 4.72 Å². The first-order chi connectivity index (χ1) is 12.1. The van der Waals surface area contributed by atoms with E-state index in [0.29, 0.717) is 19.5 Å². The van der Waals surface area contributed by atoms with E-state index in [4.69, 9.17) is 5.10 Å². The van der Waals surface area contributed by atoms with E-state index in [2.05, 4.69) is 9.71 Å². The second kappa shape index (κ2) is 8.10. The van der Waals surface area contributed by atoms with Gasteiger partial charge in [-0.3, -0.25) is 9.67 Å². The van der Waals surface area contributed by atoms with Gasteiger partial charge in [0, 0.05) is 24.0 Å². The van der Waals surface area contributed by atoms with Gasteiger partial charge in [0.1, 0.15) is 5.69 Å². The lowest BCUT2D eigenvalue weighted by molar-refractivity contribution is 0.537. The van der Waals surface area contributed by atoms with Crippen LogP contribution in [-0.4, -0.2) is 35.5 Å². The molecule has 1 aliphatic rings. The summed E-state index contributed by atoms with van der Waals surface area (Å²) in [4.78, 5) is 4.44. The van der Waals surface area contributed by atoms with E-state index in [-0.39, 0.29) is 5.75 Å². The molecule has 136 valence electrons. The molecule has 0 aromatic carbocycles. The Bertz CT molecular complexity index is 800. The highest BCUT2D eigenvalue weighted by Crippen LogP contribution is 2.30. The smallest absolute Gasteiger partial charge is 0.211 e. The van der Waals surface area contributed by atoms with Crippen molar-refractivity contribution in [3.05, 3.63) is 35.7 Å². The summed E-state index contributed by atoms with van der Waals surface area (Å²) in [5.74, 6) is 0.194. The van der Waals surface area contributed by atoms with Gasteiger partial charge in [0.2, 0.25) is 10.0 Å². The van der Waals surface area contributed by atoms with Crippen LogP contribution >= 0.6 is 0 Å². The SMILES string of the molecule is CCCCS(=O)(=O)NCCn1nc(-c2ccccn2)c2c1CCCC2. The van der Waals surface area contributed by atoms with E-state index in [1.807, 2.05) is 29.8 Å². The molecule has 25 heavy (non-hydrogen) atoms. The summed E-state index contributed by atoms with van der Waals surface area (Å²) in [5.41, 5.74) is 4.35. The highest BCUT2D eigenvalue weighted by Gasteiger charge is 2.22. The minimum Gasteiger partial charge on any atom is -0.267 e. The Morgan fingerprint density at radius 3 is 2.84 bits per heavy atom. The summed E-state index contributed by atoms with van der Waals surface area (Å²) in [6, 6.07) is 5.85. The van der Waals surface area contributed by atoms with Gasteiger partial charge in [0.25, 0.3) is 0 Å². The molecule has 0 aliphatic heterocycles. The molecule has 0 atom stereocenters. The quantitative estimate of drug-likeness (QED) is 0.783. The Morgan fingerprint density at radius 2 is 2.08 bits per heavy atom. The standard InChI is InChI=1S/C18H26N4O2S/c1-2-3-14-25(23,24)20-12-13-22-17-10-5-4-8-15(17)18(21-22)16-9-6-7-11-19-16/h6-7,9,11,20H,2-5,8,10,12-14H2,1H3. The minimum atomic E-state index is -3.18. The van der Waals surface area contributed by atoms with Crippen molar-refractivity contribution in [2.24, 2.45) is 0 Å². The van der Waals surface area contributed by atoms with Gasteiger partial charge in [0.15, 0.2) is 0 Å². The molecule has 7 heteroatoms. The third-order valence-corrected chi connectivity index (χ3v) is 6.05. The fourth-order valence-electron chi connectivity index (χ4n) is 3.28. The van der Waals surface area contributed by atoms with E-state index < -0.39 is 10.0 Å². The van der Waals surface area contributed by atoms with Crippen molar-refractivity contribution >= 4 is 10.0 Å². The first-order valence-electron chi connectivity index (χ1n) is 9.08. The highest BCUT2D eigenvalue weighted by atomic mass is 32.2. The third kappa shape index (κ3) is 4.46. The molecule has 1 aliphatic carbocycles. The number of fused-ring (bicyclic) bond motifs is 1. The Labute approximate surface area is 149 Å². The van der Waals surface area contributed by atoms with Crippen molar-refractivity contribution in [3.8, 4) is 11.4 Å². The van der Waals surface area contributed by atoms with Crippen LogP contribution in [0.1, 0.15) is 43.9 Å². The van der Waals surface area contributed by atoms with Gasteiger partial charge in [0.05, 0.1) is 18.0 Å². The number of rotatable bonds is 8. The molecule has 3 rings (SSSR count). The van der Waals surface area contributed by atoms with E-state index in [1.54, 1.807) is 6.20 Å². The summed E-state index contributed by atoms with van der Waals surface area (Å²) >= 11 is 0. The van der Waals surface area contributed by atoms with Crippen LogP contribution in [0.3, 0.4) is 0 Å².